The van der Waals surface area contributed by atoms with E-state index in [1.165, 1.54) is 15.6 Å². The molecule has 0 radical (unpaired) electrons. The number of amides is 1. The minimum atomic E-state index is -3.59. The van der Waals surface area contributed by atoms with Crippen molar-refractivity contribution in [2.45, 2.75) is 45.4 Å². The SMILES string of the molecule is Cc1ccc(S(=O)(=O)N2CCN(C(=O)CCc3nc4sc(C)c(C)c4c(=O)[nH]3)CC2)cc1C. The molecule has 1 N–H and O–H groups in total. The van der Waals surface area contributed by atoms with Gasteiger partial charge in [0.15, 0.2) is 0 Å². The second kappa shape index (κ2) is 9.00. The number of nitrogens with one attached hydrogen (secondary N) is 1. The van der Waals surface area contributed by atoms with Gasteiger partial charge in [-0.3, -0.25) is 9.59 Å². The molecule has 176 valence electrons. The van der Waals surface area contributed by atoms with Crippen LogP contribution in [0.5, 0.6) is 0 Å². The number of benzene rings is 1. The van der Waals surface area contributed by atoms with E-state index in [0.717, 1.165) is 21.6 Å². The van der Waals surface area contributed by atoms with E-state index in [1.807, 2.05) is 33.8 Å². The van der Waals surface area contributed by atoms with Crippen molar-refractivity contribution < 1.29 is 13.2 Å². The van der Waals surface area contributed by atoms with Crippen molar-refractivity contribution in [3.8, 4) is 0 Å². The third-order valence-electron chi connectivity index (χ3n) is 6.37. The maximum Gasteiger partial charge on any atom is 0.259 e. The second-order valence-corrected chi connectivity index (χ2v) is 11.6. The highest BCUT2D eigenvalue weighted by Crippen LogP contribution is 2.26. The van der Waals surface area contributed by atoms with Gasteiger partial charge in [0.2, 0.25) is 15.9 Å². The first-order valence-corrected chi connectivity index (χ1v) is 13.2. The molecular formula is C23H28N4O4S2. The van der Waals surface area contributed by atoms with Crippen LogP contribution in [0.1, 0.15) is 33.8 Å². The molecule has 1 aliphatic rings. The predicted molar refractivity (Wildman–Crippen MR) is 129 cm³/mol. The van der Waals surface area contributed by atoms with Crippen LogP contribution in [-0.4, -0.2) is 59.7 Å². The smallest absolute Gasteiger partial charge is 0.259 e. The zero-order valence-electron chi connectivity index (χ0n) is 19.3. The lowest BCUT2D eigenvalue weighted by Crippen LogP contribution is -2.50. The van der Waals surface area contributed by atoms with E-state index in [4.69, 9.17) is 0 Å². The van der Waals surface area contributed by atoms with Gasteiger partial charge in [-0.1, -0.05) is 6.07 Å². The summed E-state index contributed by atoms with van der Waals surface area (Å²) in [6.07, 6.45) is 0.545. The molecule has 8 nitrogen and oxygen atoms in total. The maximum atomic E-state index is 13.0. The van der Waals surface area contributed by atoms with Crippen molar-refractivity contribution in [1.29, 1.82) is 0 Å². The number of nitrogens with zero attached hydrogens (tertiary/aromatic N) is 3. The van der Waals surface area contributed by atoms with E-state index in [-0.39, 0.29) is 35.9 Å². The summed E-state index contributed by atoms with van der Waals surface area (Å²) in [5.74, 6) is 0.428. The Morgan fingerprint density at radius 3 is 2.45 bits per heavy atom. The van der Waals surface area contributed by atoms with Crippen molar-refractivity contribution in [2.24, 2.45) is 0 Å². The zero-order chi connectivity index (χ0) is 23.9. The summed E-state index contributed by atoms with van der Waals surface area (Å²) in [5, 5.41) is 0.619. The molecule has 3 aromatic rings. The van der Waals surface area contributed by atoms with Crippen molar-refractivity contribution in [3.63, 3.8) is 0 Å². The molecule has 0 spiro atoms. The number of hydrogen-bond donors (Lipinski definition) is 1. The van der Waals surface area contributed by atoms with Crippen LogP contribution >= 0.6 is 11.3 Å². The summed E-state index contributed by atoms with van der Waals surface area (Å²) >= 11 is 1.48. The Hall–Kier alpha value is -2.56. The lowest BCUT2D eigenvalue weighted by Gasteiger charge is -2.34. The number of aromatic amines is 1. The number of carbonyl (C=O) groups excluding carboxylic acids is 1. The summed E-state index contributed by atoms with van der Waals surface area (Å²) in [6.45, 7) is 8.92. The molecule has 2 aromatic heterocycles. The minimum absolute atomic E-state index is 0.0699. The van der Waals surface area contributed by atoms with Gasteiger partial charge in [-0.25, -0.2) is 13.4 Å². The van der Waals surface area contributed by atoms with Crippen LogP contribution < -0.4 is 5.56 Å². The van der Waals surface area contributed by atoms with Gasteiger partial charge < -0.3 is 9.88 Å². The average molecular weight is 489 g/mol. The first kappa shape index (κ1) is 23.6. The highest BCUT2D eigenvalue weighted by atomic mass is 32.2. The monoisotopic (exact) mass is 488 g/mol. The lowest BCUT2D eigenvalue weighted by molar-refractivity contribution is -0.132. The van der Waals surface area contributed by atoms with Gasteiger partial charge in [-0.05, 0) is 56.5 Å². The van der Waals surface area contributed by atoms with Gasteiger partial charge in [0.25, 0.3) is 5.56 Å². The number of aromatic nitrogens is 2. The number of carbonyl (C=O) groups is 1. The molecule has 33 heavy (non-hydrogen) atoms. The molecule has 0 bridgehead atoms. The van der Waals surface area contributed by atoms with E-state index in [9.17, 15) is 18.0 Å². The number of H-pyrrole nitrogens is 1. The Bertz CT molecular complexity index is 1380. The topological polar surface area (TPSA) is 103 Å². The van der Waals surface area contributed by atoms with Gasteiger partial charge in [0.1, 0.15) is 10.7 Å². The van der Waals surface area contributed by atoms with Gasteiger partial charge in [0.05, 0.1) is 10.3 Å². The highest BCUT2D eigenvalue weighted by Gasteiger charge is 2.30. The fourth-order valence-corrected chi connectivity index (χ4v) is 6.56. The quantitative estimate of drug-likeness (QED) is 0.595. The van der Waals surface area contributed by atoms with Crippen molar-refractivity contribution in [1.82, 2.24) is 19.2 Å². The molecule has 10 heteroatoms. The fourth-order valence-electron chi connectivity index (χ4n) is 4.00. The molecule has 1 saturated heterocycles. The van der Waals surface area contributed by atoms with Crippen molar-refractivity contribution >= 4 is 37.5 Å². The van der Waals surface area contributed by atoms with E-state index >= 15 is 0 Å². The third-order valence-corrected chi connectivity index (χ3v) is 9.37. The highest BCUT2D eigenvalue weighted by molar-refractivity contribution is 7.89. The second-order valence-electron chi connectivity index (χ2n) is 8.51. The summed E-state index contributed by atoms with van der Waals surface area (Å²) < 4.78 is 27.4. The Morgan fingerprint density at radius 2 is 1.79 bits per heavy atom. The third kappa shape index (κ3) is 4.60. The first-order chi connectivity index (χ1) is 15.6. The van der Waals surface area contributed by atoms with Crippen LogP contribution in [0.15, 0.2) is 27.9 Å². The number of rotatable bonds is 5. The predicted octanol–water partition coefficient (Wildman–Crippen LogP) is 2.68. The van der Waals surface area contributed by atoms with E-state index in [2.05, 4.69) is 9.97 Å². The van der Waals surface area contributed by atoms with Gasteiger partial charge in [0, 0.05) is 43.9 Å². The number of piperazine rings is 1. The normalized spacial score (nSPS) is 15.3. The number of thiophene rings is 1. The summed E-state index contributed by atoms with van der Waals surface area (Å²) in [7, 11) is -3.59. The number of aryl methyl sites for hydroxylation is 5. The molecule has 1 aromatic carbocycles. The molecular weight excluding hydrogens is 460 g/mol. The van der Waals surface area contributed by atoms with Gasteiger partial charge in [-0.15, -0.1) is 11.3 Å². The molecule has 0 atom stereocenters. The number of sulfonamides is 1. The number of hydrogen-bond acceptors (Lipinski definition) is 6. The first-order valence-electron chi connectivity index (χ1n) is 10.9. The molecule has 4 rings (SSSR count). The largest absolute Gasteiger partial charge is 0.340 e. The average Bonchev–Trinajstić information content (AvgIpc) is 3.07. The van der Waals surface area contributed by atoms with Crippen LogP contribution in [-0.2, 0) is 21.2 Å². The maximum absolute atomic E-state index is 13.0. The summed E-state index contributed by atoms with van der Waals surface area (Å²) in [5.41, 5.74) is 2.75. The Kier molecular flexibility index (Phi) is 6.43. The molecule has 3 heterocycles. The van der Waals surface area contributed by atoms with Crippen LogP contribution in [0, 0.1) is 27.7 Å². The van der Waals surface area contributed by atoms with E-state index in [1.54, 1.807) is 17.0 Å². The van der Waals surface area contributed by atoms with E-state index in [0.29, 0.717) is 35.6 Å². The van der Waals surface area contributed by atoms with Crippen LogP contribution in [0.2, 0.25) is 0 Å². The van der Waals surface area contributed by atoms with Crippen LogP contribution in [0.25, 0.3) is 10.2 Å². The summed E-state index contributed by atoms with van der Waals surface area (Å²) in [6, 6.07) is 5.15. The molecule has 1 aliphatic heterocycles. The molecule has 1 amide bonds. The zero-order valence-corrected chi connectivity index (χ0v) is 20.9. The Balaban J connectivity index is 1.37. The van der Waals surface area contributed by atoms with Crippen molar-refractivity contribution in [3.05, 3.63) is 55.9 Å². The Morgan fingerprint density at radius 1 is 1.09 bits per heavy atom. The molecule has 1 fully saturated rings. The molecule has 0 unspecified atom stereocenters. The van der Waals surface area contributed by atoms with Crippen LogP contribution in [0.3, 0.4) is 0 Å². The van der Waals surface area contributed by atoms with Crippen LogP contribution in [0.4, 0.5) is 0 Å². The van der Waals surface area contributed by atoms with E-state index < -0.39 is 10.0 Å². The lowest BCUT2D eigenvalue weighted by atomic mass is 10.1. The Labute approximate surface area is 197 Å². The van der Waals surface area contributed by atoms with Crippen molar-refractivity contribution in [2.75, 3.05) is 26.2 Å². The standard InChI is InChI=1S/C23H28N4O4S2/c1-14-5-6-18(13-15(14)2)33(30,31)27-11-9-26(10-12-27)20(28)8-7-19-24-22(29)21-16(3)17(4)32-23(21)25-19/h5-6,13H,7-12H2,1-4H3,(H,24,25,29). The molecule has 0 saturated carbocycles. The number of fused-ring (bicyclic) bond motifs is 1. The summed E-state index contributed by atoms with van der Waals surface area (Å²) in [4.78, 5) is 36.2. The fraction of sp³-hybridized carbons (Fsp3) is 0.435. The van der Waals surface area contributed by atoms with Gasteiger partial charge in [-0.2, -0.15) is 4.31 Å². The van der Waals surface area contributed by atoms with Gasteiger partial charge >= 0.3 is 0 Å². The molecule has 0 aliphatic carbocycles. The minimum Gasteiger partial charge on any atom is -0.340 e.